The first kappa shape index (κ1) is 8.12. The maximum Gasteiger partial charge on any atom is 0.0443 e. The summed E-state index contributed by atoms with van der Waals surface area (Å²) in [6.07, 6.45) is 3.81. The Kier molecular flexibility index (Phi) is 2.10. The van der Waals surface area contributed by atoms with Crippen molar-refractivity contribution in [3.8, 4) is 0 Å². The number of rotatable bonds is 0. The van der Waals surface area contributed by atoms with Crippen LogP contribution in [0.4, 0.5) is 0 Å². The van der Waals surface area contributed by atoms with Crippen molar-refractivity contribution in [2.75, 3.05) is 0 Å². The van der Waals surface area contributed by atoms with E-state index in [2.05, 4.69) is 19.1 Å². The van der Waals surface area contributed by atoms with Crippen molar-refractivity contribution in [1.82, 2.24) is 0 Å². The van der Waals surface area contributed by atoms with E-state index in [1.165, 1.54) is 30.4 Å². The third kappa shape index (κ3) is 1.25. The Bertz CT molecular complexity index is 291. The molecule has 0 bridgehead atoms. The van der Waals surface area contributed by atoms with Crippen LogP contribution in [0.3, 0.4) is 0 Å². The van der Waals surface area contributed by atoms with Crippen molar-refractivity contribution in [1.29, 1.82) is 0 Å². The first-order valence-electron chi connectivity index (χ1n) is 4.56. The minimum Gasteiger partial charge on any atom is -0.0840 e. The van der Waals surface area contributed by atoms with Crippen LogP contribution in [-0.4, -0.2) is 0 Å². The molecule has 0 saturated carbocycles. The average Bonchev–Trinajstić information content (AvgIpc) is 2.04. The highest BCUT2D eigenvalue weighted by Gasteiger charge is 2.18. The van der Waals surface area contributed by atoms with Gasteiger partial charge in [-0.15, -0.1) is 0 Å². The van der Waals surface area contributed by atoms with Gasteiger partial charge in [0, 0.05) is 5.02 Å². The van der Waals surface area contributed by atoms with Crippen molar-refractivity contribution < 1.29 is 0 Å². The molecule has 1 aliphatic rings. The molecule has 0 amide bonds. The van der Waals surface area contributed by atoms with Gasteiger partial charge in [-0.2, -0.15) is 0 Å². The van der Waals surface area contributed by atoms with Gasteiger partial charge in [-0.3, -0.25) is 0 Å². The van der Waals surface area contributed by atoms with Crippen molar-refractivity contribution in [2.24, 2.45) is 0 Å². The Morgan fingerprint density at radius 2 is 2.25 bits per heavy atom. The van der Waals surface area contributed by atoms with E-state index in [-0.39, 0.29) is 0 Å². The lowest BCUT2D eigenvalue weighted by Gasteiger charge is -2.23. The molecular weight excluding hydrogens is 168 g/mol. The Balaban J connectivity index is 2.53. The van der Waals surface area contributed by atoms with Crippen LogP contribution in [0.1, 0.15) is 36.8 Å². The van der Waals surface area contributed by atoms with E-state index in [4.69, 9.17) is 11.6 Å². The lowest BCUT2D eigenvalue weighted by Crippen LogP contribution is -2.07. The molecule has 64 valence electrons. The zero-order chi connectivity index (χ0) is 8.55. The minimum absolute atomic E-state index is 0.655. The summed E-state index contributed by atoms with van der Waals surface area (Å²) in [4.78, 5) is 0. The fourth-order valence-electron chi connectivity index (χ4n) is 2.09. The second-order valence-corrected chi connectivity index (χ2v) is 4.01. The van der Waals surface area contributed by atoms with Gasteiger partial charge in [0.15, 0.2) is 0 Å². The lowest BCUT2D eigenvalue weighted by molar-refractivity contribution is 0.590. The van der Waals surface area contributed by atoms with Gasteiger partial charge >= 0.3 is 0 Å². The number of hydrogen-bond acceptors (Lipinski definition) is 0. The van der Waals surface area contributed by atoms with E-state index in [0.29, 0.717) is 5.92 Å². The van der Waals surface area contributed by atoms with Crippen LogP contribution < -0.4 is 0 Å². The predicted octanol–water partition coefficient (Wildman–Crippen LogP) is 3.78. The van der Waals surface area contributed by atoms with Gasteiger partial charge in [-0.25, -0.2) is 0 Å². The van der Waals surface area contributed by atoms with Crippen LogP contribution in [0.25, 0.3) is 0 Å². The number of benzene rings is 1. The van der Waals surface area contributed by atoms with Gasteiger partial charge in [-0.1, -0.05) is 30.7 Å². The first-order chi connectivity index (χ1) is 5.79. The van der Waals surface area contributed by atoms with Crippen molar-refractivity contribution in [3.63, 3.8) is 0 Å². The molecule has 0 heterocycles. The van der Waals surface area contributed by atoms with Crippen molar-refractivity contribution in [2.45, 2.75) is 32.1 Å². The second kappa shape index (κ2) is 3.10. The summed E-state index contributed by atoms with van der Waals surface area (Å²) in [5.41, 5.74) is 2.85. The summed E-state index contributed by atoms with van der Waals surface area (Å²) < 4.78 is 0. The number of hydrogen-bond donors (Lipinski definition) is 0. The van der Waals surface area contributed by atoms with Gasteiger partial charge in [0.05, 0.1) is 0 Å². The molecule has 1 atom stereocenters. The highest BCUT2D eigenvalue weighted by molar-refractivity contribution is 6.31. The molecule has 0 radical (unpaired) electrons. The standard InChI is InChI=1S/C11H13Cl/c1-8-4-2-5-9-6-3-7-10(12)11(8)9/h3,6-8H,2,4-5H2,1H3. The van der Waals surface area contributed by atoms with Crippen LogP contribution in [0.2, 0.25) is 5.02 Å². The van der Waals surface area contributed by atoms with Crippen LogP contribution in [0.15, 0.2) is 18.2 Å². The van der Waals surface area contributed by atoms with Crippen molar-refractivity contribution >= 4 is 11.6 Å². The largest absolute Gasteiger partial charge is 0.0840 e. The van der Waals surface area contributed by atoms with Gasteiger partial charge < -0.3 is 0 Å². The molecule has 0 aromatic heterocycles. The monoisotopic (exact) mass is 180 g/mol. The molecule has 0 aliphatic heterocycles. The topological polar surface area (TPSA) is 0 Å². The van der Waals surface area contributed by atoms with Crippen LogP contribution in [0, 0.1) is 0 Å². The third-order valence-electron chi connectivity index (χ3n) is 2.72. The molecule has 1 unspecified atom stereocenters. The molecule has 0 fully saturated rings. The van der Waals surface area contributed by atoms with Crippen LogP contribution in [-0.2, 0) is 6.42 Å². The molecule has 1 heteroatoms. The Morgan fingerprint density at radius 1 is 1.42 bits per heavy atom. The fraction of sp³-hybridized carbons (Fsp3) is 0.455. The van der Waals surface area contributed by atoms with E-state index in [0.717, 1.165) is 5.02 Å². The highest BCUT2D eigenvalue weighted by Crippen LogP contribution is 2.35. The van der Waals surface area contributed by atoms with E-state index in [1.807, 2.05) is 6.07 Å². The molecule has 2 rings (SSSR count). The number of aryl methyl sites for hydroxylation is 1. The molecule has 12 heavy (non-hydrogen) atoms. The molecule has 0 N–H and O–H groups in total. The second-order valence-electron chi connectivity index (χ2n) is 3.61. The summed E-state index contributed by atoms with van der Waals surface area (Å²) in [5.74, 6) is 0.655. The Morgan fingerprint density at radius 3 is 3.00 bits per heavy atom. The summed E-state index contributed by atoms with van der Waals surface area (Å²) in [6.45, 7) is 2.27. The fourth-order valence-corrected chi connectivity index (χ4v) is 2.47. The van der Waals surface area contributed by atoms with Gasteiger partial charge in [0.1, 0.15) is 0 Å². The summed E-state index contributed by atoms with van der Waals surface area (Å²) in [7, 11) is 0. The molecule has 1 aromatic rings. The average molecular weight is 181 g/mol. The first-order valence-corrected chi connectivity index (χ1v) is 4.94. The quantitative estimate of drug-likeness (QED) is 0.570. The predicted molar refractivity (Wildman–Crippen MR) is 52.8 cm³/mol. The maximum absolute atomic E-state index is 6.14. The molecule has 1 aliphatic carbocycles. The van der Waals surface area contributed by atoms with Gasteiger partial charge in [0.25, 0.3) is 0 Å². The molecular formula is C11H13Cl. The SMILES string of the molecule is CC1CCCc2cccc(Cl)c21. The van der Waals surface area contributed by atoms with Crippen LogP contribution >= 0.6 is 11.6 Å². The normalized spacial score (nSPS) is 22.0. The molecule has 0 nitrogen and oxygen atoms in total. The Labute approximate surface area is 78.6 Å². The molecule has 0 saturated heterocycles. The van der Waals surface area contributed by atoms with Crippen molar-refractivity contribution in [3.05, 3.63) is 34.3 Å². The van der Waals surface area contributed by atoms with E-state index < -0.39 is 0 Å². The van der Waals surface area contributed by atoms with Gasteiger partial charge in [-0.05, 0) is 42.4 Å². The van der Waals surface area contributed by atoms with E-state index in [9.17, 15) is 0 Å². The van der Waals surface area contributed by atoms with E-state index in [1.54, 1.807) is 0 Å². The minimum atomic E-state index is 0.655. The zero-order valence-electron chi connectivity index (χ0n) is 7.31. The smallest absolute Gasteiger partial charge is 0.0443 e. The summed E-state index contributed by atoms with van der Waals surface area (Å²) in [6, 6.07) is 6.26. The number of halogens is 1. The maximum atomic E-state index is 6.14. The third-order valence-corrected chi connectivity index (χ3v) is 3.05. The Hall–Kier alpha value is -0.490. The van der Waals surface area contributed by atoms with Gasteiger partial charge in [0.2, 0.25) is 0 Å². The zero-order valence-corrected chi connectivity index (χ0v) is 8.06. The summed E-state index contributed by atoms with van der Waals surface area (Å²) >= 11 is 6.14. The lowest BCUT2D eigenvalue weighted by atomic mass is 9.84. The van der Waals surface area contributed by atoms with Crippen LogP contribution in [0.5, 0.6) is 0 Å². The summed E-state index contributed by atoms with van der Waals surface area (Å²) in [5, 5.41) is 0.958. The van der Waals surface area contributed by atoms with E-state index >= 15 is 0 Å². The molecule has 1 aromatic carbocycles. The molecule has 0 spiro atoms. The number of fused-ring (bicyclic) bond motifs is 1. The highest BCUT2D eigenvalue weighted by atomic mass is 35.5.